The van der Waals surface area contributed by atoms with Crippen LogP contribution in [0.5, 0.6) is 5.88 Å². The van der Waals surface area contributed by atoms with Crippen molar-refractivity contribution in [3.05, 3.63) is 86.4 Å². The van der Waals surface area contributed by atoms with Gasteiger partial charge in [0.2, 0.25) is 0 Å². The van der Waals surface area contributed by atoms with Crippen molar-refractivity contribution in [1.82, 2.24) is 19.1 Å². The molecule has 1 saturated heterocycles. The number of carbonyl (C=O) groups is 2. The third kappa shape index (κ3) is 5.43. The molecule has 1 aromatic heterocycles. The molecule has 0 atom stereocenters. The Balaban J connectivity index is 1.18. The minimum atomic E-state index is -0.672. The summed E-state index contributed by atoms with van der Waals surface area (Å²) in [5, 5.41) is 11.5. The van der Waals surface area contributed by atoms with Crippen LogP contribution in [0, 0.1) is 12.8 Å². The second kappa shape index (κ2) is 10.9. The normalized spacial score (nSPS) is 15.8. The zero-order valence-corrected chi connectivity index (χ0v) is 22.1. The van der Waals surface area contributed by atoms with Crippen LogP contribution in [0.4, 0.5) is 4.79 Å². The van der Waals surface area contributed by atoms with E-state index in [0.717, 1.165) is 36.3 Å². The van der Waals surface area contributed by atoms with Crippen LogP contribution >= 0.6 is 11.6 Å². The number of imidazole rings is 1. The van der Waals surface area contributed by atoms with Gasteiger partial charge in [0.25, 0.3) is 11.8 Å². The molecule has 2 aliphatic heterocycles. The summed E-state index contributed by atoms with van der Waals surface area (Å²) in [7, 11) is 0. The highest BCUT2D eigenvalue weighted by atomic mass is 35.5. The van der Waals surface area contributed by atoms with E-state index in [-0.39, 0.29) is 24.7 Å². The van der Waals surface area contributed by atoms with E-state index in [2.05, 4.69) is 0 Å². The van der Waals surface area contributed by atoms with Gasteiger partial charge in [0.1, 0.15) is 5.69 Å². The van der Waals surface area contributed by atoms with Gasteiger partial charge in [0, 0.05) is 36.8 Å². The smallest absolute Gasteiger partial charge is 0.434 e. The Morgan fingerprint density at radius 3 is 2.34 bits per heavy atom. The molecule has 0 saturated carbocycles. The molecule has 3 aromatic rings. The number of aryl methyl sites for hydroxylation is 2. The van der Waals surface area contributed by atoms with Gasteiger partial charge in [0.15, 0.2) is 0 Å². The molecule has 10 heteroatoms. The van der Waals surface area contributed by atoms with Crippen LogP contribution in [0.25, 0.3) is 0 Å². The van der Waals surface area contributed by atoms with Crippen molar-refractivity contribution in [2.75, 3.05) is 19.6 Å². The molecule has 1 fully saturated rings. The topological polar surface area (TPSA) is 97.0 Å². The quantitative estimate of drug-likeness (QED) is 0.532. The van der Waals surface area contributed by atoms with Gasteiger partial charge in [-0.15, -0.1) is 0 Å². The molecule has 0 aliphatic carbocycles. The third-order valence-electron chi connectivity index (χ3n) is 7.50. The fourth-order valence-electron chi connectivity index (χ4n) is 5.12. The lowest BCUT2D eigenvalue weighted by molar-refractivity contribution is 0.0672. The first-order valence-corrected chi connectivity index (χ1v) is 13.3. The van der Waals surface area contributed by atoms with Crippen LogP contribution in [0.1, 0.15) is 46.4 Å². The highest BCUT2D eigenvalue weighted by Gasteiger charge is 2.31. The van der Waals surface area contributed by atoms with Gasteiger partial charge in [-0.05, 0) is 68.4 Å². The number of hydrogen-bond acceptors (Lipinski definition) is 5. The molecule has 1 N–H and O–H groups in total. The van der Waals surface area contributed by atoms with E-state index in [1.54, 1.807) is 21.9 Å². The largest absolute Gasteiger partial charge is 0.491 e. The Morgan fingerprint density at radius 1 is 0.974 bits per heavy atom. The summed E-state index contributed by atoms with van der Waals surface area (Å²) in [6.45, 7) is 3.53. The Labute approximate surface area is 225 Å². The molecule has 0 spiro atoms. The number of rotatable bonds is 5. The maximum Gasteiger partial charge on any atom is 0.434 e. The SMILES string of the molecule is Cc1ccc(C(=O)N2CCn3c(c(O)n(OC(=O)N4CCC(CCc5ccc(Cl)cc5)CC4)c3=O)C2)cc1. The molecule has 9 nitrogen and oxygen atoms in total. The predicted molar refractivity (Wildman–Crippen MR) is 142 cm³/mol. The molecular weight excluding hydrogens is 508 g/mol. The number of aromatic hydroxyl groups is 1. The standard InChI is InChI=1S/C28H31ClN4O5/c1-19-2-8-22(9-3-19)25(34)31-16-17-32-24(18-31)26(35)33(27(32)36)38-28(37)30-14-12-21(13-15-30)5-4-20-6-10-23(29)11-7-20/h2-3,6-11,21,35H,4-5,12-18H2,1H3. The van der Waals surface area contributed by atoms with Gasteiger partial charge in [-0.3, -0.25) is 9.36 Å². The lowest BCUT2D eigenvalue weighted by atomic mass is 9.91. The third-order valence-corrected chi connectivity index (χ3v) is 7.75. The molecule has 0 bridgehead atoms. The molecule has 2 aliphatic rings. The Bertz CT molecular complexity index is 1370. The van der Waals surface area contributed by atoms with Crippen molar-refractivity contribution in [2.45, 2.75) is 45.7 Å². The molecule has 0 unspecified atom stereocenters. The fourth-order valence-corrected chi connectivity index (χ4v) is 5.24. The van der Waals surface area contributed by atoms with Crippen LogP contribution in [0.15, 0.2) is 53.3 Å². The number of aromatic nitrogens is 2. The van der Waals surface area contributed by atoms with E-state index in [9.17, 15) is 19.5 Å². The number of hydrogen-bond donors (Lipinski definition) is 1. The van der Waals surface area contributed by atoms with Crippen LogP contribution in [0.2, 0.25) is 5.02 Å². The second-order valence-corrected chi connectivity index (χ2v) is 10.5. The maximum atomic E-state index is 12.9. The van der Waals surface area contributed by atoms with Crippen LogP contribution in [-0.2, 0) is 19.5 Å². The van der Waals surface area contributed by atoms with Gasteiger partial charge < -0.3 is 19.7 Å². The molecule has 0 radical (unpaired) electrons. The minimum Gasteiger partial charge on any atom is -0.491 e. The number of piperidine rings is 1. The summed E-state index contributed by atoms with van der Waals surface area (Å²) >= 11 is 5.96. The molecule has 38 heavy (non-hydrogen) atoms. The Morgan fingerprint density at radius 2 is 1.66 bits per heavy atom. The highest BCUT2D eigenvalue weighted by Crippen LogP contribution is 2.25. The van der Waals surface area contributed by atoms with Crippen molar-refractivity contribution in [2.24, 2.45) is 5.92 Å². The molecular formula is C28H31ClN4O5. The Hall–Kier alpha value is -3.72. The van der Waals surface area contributed by atoms with Crippen molar-refractivity contribution in [1.29, 1.82) is 0 Å². The van der Waals surface area contributed by atoms with E-state index < -0.39 is 17.7 Å². The Kier molecular flexibility index (Phi) is 7.46. The summed E-state index contributed by atoms with van der Waals surface area (Å²) in [6.07, 6.45) is 2.98. The van der Waals surface area contributed by atoms with Crippen LogP contribution in [-0.4, -0.2) is 55.8 Å². The lowest BCUT2D eigenvalue weighted by Gasteiger charge is -2.31. The lowest BCUT2D eigenvalue weighted by Crippen LogP contribution is -2.45. The summed E-state index contributed by atoms with van der Waals surface area (Å²) in [4.78, 5) is 47.1. The number of amides is 2. The van der Waals surface area contributed by atoms with Crippen molar-refractivity contribution in [3.63, 3.8) is 0 Å². The van der Waals surface area contributed by atoms with E-state index in [4.69, 9.17) is 16.4 Å². The molecule has 2 amide bonds. The average molecular weight is 539 g/mol. The first-order chi connectivity index (χ1) is 18.3. The van der Waals surface area contributed by atoms with Gasteiger partial charge in [-0.1, -0.05) is 46.2 Å². The summed E-state index contributed by atoms with van der Waals surface area (Å²) in [5.74, 6) is -0.154. The molecule has 5 rings (SSSR count). The average Bonchev–Trinajstić information content (AvgIpc) is 3.17. The van der Waals surface area contributed by atoms with Gasteiger partial charge in [-0.25, -0.2) is 9.59 Å². The van der Waals surface area contributed by atoms with Crippen LogP contribution < -0.4 is 10.5 Å². The van der Waals surface area contributed by atoms with E-state index in [1.807, 2.05) is 43.3 Å². The summed E-state index contributed by atoms with van der Waals surface area (Å²) in [6, 6.07) is 15.1. The van der Waals surface area contributed by atoms with Crippen molar-refractivity contribution in [3.8, 4) is 5.88 Å². The minimum absolute atomic E-state index is 0.0390. The molecule has 3 heterocycles. The number of fused-ring (bicyclic) bond motifs is 1. The maximum absolute atomic E-state index is 12.9. The van der Waals surface area contributed by atoms with E-state index >= 15 is 0 Å². The van der Waals surface area contributed by atoms with E-state index in [1.165, 1.54) is 10.1 Å². The van der Waals surface area contributed by atoms with Crippen molar-refractivity contribution < 1.29 is 19.5 Å². The van der Waals surface area contributed by atoms with Gasteiger partial charge >= 0.3 is 11.8 Å². The molecule has 200 valence electrons. The van der Waals surface area contributed by atoms with Gasteiger partial charge in [0.05, 0.1) is 6.54 Å². The zero-order valence-electron chi connectivity index (χ0n) is 21.3. The summed E-state index contributed by atoms with van der Waals surface area (Å²) in [5.41, 5.74) is 2.44. The molecule has 2 aromatic carbocycles. The first-order valence-electron chi connectivity index (χ1n) is 12.9. The number of halogens is 1. The first kappa shape index (κ1) is 25.9. The highest BCUT2D eigenvalue weighted by molar-refractivity contribution is 6.30. The monoisotopic (exact) mass is 538 g/mol. The number of likely N-dealkylation sites (tertiary alicyclic amines) is 1. The van der Waals surface area contributed by atoms with Crippen molar-refractivity contribution >= 4 is 23.6 Å². The second-order valence-electron chi connectivity index (χ2n) is 10.0. The summed E-state index contributed by atoms with van der Waals surface area (Å²) < 4.78 is 1.99. The number of carbonyl (C=O) groups excluding carboxylic acids is 2. The van der Waals surface area contributed by atoms with Crippen LogP contribution in [0.3, 0.4) is 0 Å². The predicted octanol–water partition coefficient (Wildman–Crippen LogP) is 3.87. The zero-order chi connectivity index (χ0) is 26.8. The van der Waals surface area contributed by atoms with E-state index in [0.29, 0.717) is 35.8 Å². The fraction of sp³-hybridized carbons (Fsp3) is 0.393. The number of nitrogens with zero attached hydrogens (tertiary/aromatic N) is 4. The van der Waals surface area contributed by atoms with Gasteiger partial charge in [-0.2, -0.15) is 0 Å². The number of benzene rings is 2.